The summed E-state index contributed by atoms with van der Waals surface area (Å²) >= 11 is 0. The summed E-state index contributed by atoms with van der Waals surface area (Å²) in [5, 5.41) is 15.1. The summed E-state index contributed by atoms with van der Waals surface area (Å²) < 4.78 is 11.0. The van der Waals surface area contributed by atoms with E-state index in [-0.39, 0.29) is 5.57 Å². The van der Waals surface area contributed by atoms with Crippen LogP contribution in [0, 0.1) is 11.3 Å². The third-order valence-corrected chi connectivity index (χ3v) is 5.28. The van der Waals surface area contributed by atoms with E-state index in [1.807, 2.05) is 13.8 Å². The summed E-state index contributed by atoms with van der Waals surface area (Å²) in [6.07, 6.45) is 11.2. The fourth-order valence-corrected chi connectivity index (χ4v) is 3.11. The molecular weight excluding hydrogens is 394 g/mol. The summed E-state index contributed by atoms with van der Waals surface area (Å²) in [7, 11) is 1.58. The second kappa shape index (κ2) is 14.4. The molecule has 1 rings (SSSR count). The average molecular weight is 432 g/mol. The van der Waals surface area contributed by atoms with Crippen LogP contribution in [0.4, 0.5) is 0 Å². The summed E-state index contributed by atoms with van der Waals surface area (Å²) in [4.78, 5) is 25.1. The number of methoxy groups -OCH3 is 1. The number of nitriles is 1. The summed E-state index contributed by atoms with van der Waals surface area (Å²) in [6, 6.07) is 2.23. The largest absolute Gasteiger partial charge is 0.499 e. The summed E-state index contributed by atoms with van der Waals surface area (Å²) in [5.41, 5.74) is -0.198. The number of allylic oxidation sites excluding steroid dienone is 2. The molecule has 0 saturated carbocycles. The van der Waals surface area contributed by atoms with Crippen molar-refractivity contribution in [1.82, 2.24) is 10.6 Å². The van der Waals surface area contributed by atoms with Crippen LogP contribution in [0.2, 0.25) is 0 Å². The number of amides is 2. The van der Waals surface area contributed by atoms with Gasteiger partial charge in [0.2, 0.25) is 0 Å². The van der Waals surface area contributed by atoms with Crippen LogP contribution < -0.4 is 10.6 Å². The van der Waals surface area contributed by atoms with Gasteiger partial charge in [0, 0.05) is 13.2 Å². The minimum absolute atomic E-state index is 0.00487. The van der Waals surface area contributed by atoms with Gasteiger partial charge < -0.3 is 20.1 Å². The second-order valence-corrected chi connectivity index (χ2v) is 7.68. The van der Waals surface area contributed by atoms with Gasteiger partial charge in [-0.05, 0) is 37.0 Å². The smallest absolute Gasteiger partial charge is 0.258 e. The highest BCUT2D eigenvalue weighted by atomic mass is 16.5. The molecule has 1 heterocycles. The van der Waals surface area contributed by atoms with E-state index in [1.54, 1.807) is 25.3 Å². The summed E-state index contributed by atoms with van der Waals surface area (Å²) in [6.45, 7) is 7.40. The number of carbonyl (C=O) groups is 2. The monoisotopic (exact) mass is 431 g/mol. The van der Waals surface area contributed by atoms with E-state index in [0.717, 1.165) is 37.7 Å². The number of unbranched alkanes of at least 4 members (excludes halogenated alkanes) is 3. The van der Waals surface area contributed by atoms with Gasteiger partial charge in [0.25, 0.3) is 11.8 Å². The third-order valence-electron chi connectivity index (χ3n) is 5.28. The van der Waals surface area contributed by atoms with E-state index >= 15 is 0 Å². The lowest BCUT2D eigenvalue weighted by Gasteiger charge is -2.27. The zero-order valence-electron chi connectivity index (χ0n) is 19.4. The fourth-order valence-electron chi connectivity index (χ4n) is 3.11. The first kappa shape index (κ1) is 26.4. The Morgan fingerprint density at radius 2 is 2.03 bits per heavy atom. The number of ether oxygens (including phenoxy) is 2. The number of carbonyl (C=O) groups excluding carboxylic acids is 2. The molecule has 0 aromatic heterocycles. The number of rotatable bonds is 14. The molecule has 0 saturated heterocycles. The van der Waals surface area contributed by atoms with Crippen LogP contribution in [-0.2, 0) is 19.1 Å². The molecule has 172 valence electrons. The Bertz CT molecular complexity index is 734. The van der Waals surface area contributed by atoms with Gasteiger partial charge in [0.15, 0.2) is 0 Å². The fraction of sp³-hybridized carbons (Fsp3) is 0.625. The highest BCUT2D eigenvalue weighted by Crippen LogP contribution is 2.20. The minimum Gasteiger partial charge on any atom is -0.499 e. The Labute approximate surface area is 186 Å². The molecule has 7 nitrogen and oxygen atoms in total. The van der Waals surface area contributed by atoms with Crippen molar-refractivity contribution in [2.75, 3.05) is 26.9 Å². The van der Waals surface area contributed by atoms with Gasteiger partial charge in [0.05, 0.1) is 13.2 Å². The van der Waals surface area contributed by atoms with Crippen LogP contribution in [0.15, 0.2) is 35.1 Å². The van der Waals surface area contributed by atoms with Gasteiger partial charge in [0.1, 0.15) is 23.5 Å². The molecule has 0 aromatic carbocycles. The second-order valence-electron chi connectivity index (χ2n) is 7.68. The van der Waals surface area contributed by atoms with Gasteiger partial charge >= 0.3 is 0 Å². The van der Waals surface area contributed by atoms with Crippen molar-refractivity contribution in [1.29, 1.82) is 5.26 Å². The molecule has 0 radical (unpaired) electrons. The summed E-state index contributed by atoms with van der Waals surface area (Å²) in [5.74, 6) is -0.310. The van der Waals surface area contributed by atoms with Crippen LogP contribution in [0.5, 0.6) is 0 Å². The Kier molecular flexibility index (Phi) is 12.3. The number of hydrogen-bond acceptors (Lipinski definition) is 5. The first-order valence-electron chi connectivity index (χ1n) is 11.2. The van der Waals surface area contributed by atoms with Gasteiger partial charge in [-0.15, -0.1) is 0 Å². The third kappa shape index (κ3) is 8.97. The molecule has 1 aliphatic heterocycles. The van der Waals surface area contributed by atoms with Gasteiger partial charge in [-0.1, -0.05) is 52.5 Å². The zero-order valence-corrected chi connectivity index (χ0v) is 19.4. The van der Waals surface area contributed by atoms with Crippen molar-refractivity contribution in [2.45, 2.75) is 71.3 Å². The molecule has 0 spiro atoms. The van der Waals surface area contributed by atoms with E-state index in [4.69, 9.17) is 9.47 Å². The highest BCUT2D eigenvalue weighted by Gasteiger charge is 2.32. The number of nitrogens with zero attached hydrogens (tertiary/aromatic N) is 1. The van der Waals surface area contributed by atoms with Crippen LogP contribution in [0.1, 0.15) is 65.7 Å². The van der Waals surface area contributed by atoms with E-state index < -0.39 is 17.4 Å². The lowest BCUT2D eigenvalue weighted by atomic mass is 9.90. The van der Waals surface area contributed by atoms with Crippen molar-refractivity contribution in [3.63, 3.8) is 0 Å². The van der Waals surface area contributed by atoms with Crippen molar-refractivity contribution in [2.24, 2.45) is 0 Å². The lowest BCUT2D eigenvalue weighted by Crippen LogP contribution is -2.49. The Balaban J connectivity index is 2.89. The molecule has 2 N–H and O–H groups in total. The van der Waals surface area contributed by atoms with Gasteiger partial charge in [-0.2, -0.15) is 5.26 Å². The predicted molar refractivity (Wildman–Crippen MR) is 121 cm³/mol. The molecule has 2 amide bonds. The van der Waals surface area contributed by atoms with E-state index in [1.165, 1.54) is 0 Å². The number of hydrogen-bond donors (Lipinski definition) is 2. The molecule has 0 bridgehead atoms. The van der Waals surface area contributed by atoms with E-state index in [2.05, 4.69) is 23.6 Å². The number of nitrogens with one attached hydrogen (secondary N) is 2. The molecule has 0 aliphatic carbocycles. The first-order valence-corrected chi connectivity index (χ1v) is 11.2. The van der Waals surface area contributed by atoms with Crippen LogP contribution in [0.25, 0.3) is 0 Å². The molecular formula is C24H37N3O4. The van der Waals surface area contributed by atoms with Crippen molar-refractivity contribution in [3.05, 3.63) is 35.1 Å². The molecule has 0 aromatic rings. The quantitative estimate of drug-likeness (QED) is 0.248. The maximum atomic E-state index is 12.8. The van der Waals surface area contributed by atoms with Gasteiger partial charge in [-0.3, -0.25) is 9.59 Å². The maximum Gasteiger partial charge on any atom is 0.258 e. The zero-order chi connectivity index (χ0) is 23.1. The Hall–Kier alpha value is -2.59. The van der Waals surface area contributed by atoms with Crippen LogP contribution in [-0.4, -0.2) is 44.2 Å². The molecule has 7 heteroatoms. The highest BCUT2D eigenvalue weighted by molar-refractivity contribution is 6.19. The van der Waals surface area contributed by atoms with Crippen molar-refractivity contribution >= 4 is 11.8 Å². The maximum absolute atomic E-state index is 12.8. The minimum atomic E-state index is -0.965. The SMILES string of the molecule is CCCCCOC/C(=C\C=C1\C=C(C(=O)NC(C#N)(CC)CCCC)C(=O)NC1)OC. The topological polar surface area (TPSA) is 100 Å². The molecule has 1 unspecified atom stereocenters. The normalized spacial score (nSPS) is 17.4. The standard InChI is InChI=1S/C24H37N3O4/c1-5-8-10-14-31-17-20(30-4)12-11-19-15-21(22(28)26-16-19)23(29)27-24(7-3,18-25)13-9-6-2/h11-12,15H,5-10,13-14,16-17H2,1-4H3,(H,26,28)(H,27,29)/b19-11-,20-12+. The van der Waals surface area contributed by atoms with Crippen molar-refractivity contribution in [3.8, 4) is 6.07 Å². The average Bonchev–Trinajstić information content (AvgIpc) is 2.79. The van der Waals surface area contributed by atoms with E-state index in [9.17, 15) is 14.9 Å². The molecule has 1 atom stereocenters. The van der Waals surface area contributed by atoms with Crippen molar-refractivity contribution < 1.29 is 19.1 Å². The Morgan fingerprint density at radius 1 is 1.29 bits per heavy atom. The molecule has 0 fully saturated rings. The Morgan fingerprint density at radius 3 is 2.65 bits per heavy atom. The first-order chi connectivity index (χ1) is 14.9. The molecule has 1 aliphatic rings. The van der Waals surface area contributed by atoms with E-state index in [0.29, 0.717) is 38.4 Å². The van der Waals surface area contributed by atoms with Gasteiger partial charge in [-0.25, -0.2) is 0 Å². The van der Waals surface area contributed by atoms with Crippen LogP contribution in [0.3, 0.4) is 0 Å². The van der Waals surface area contributed by atoms with Crippen LogP contribution >= 0.6 is 0 Å². The molecule has 31 heavy (non-hydrogen) atoms. The predicted octanol–water partition coefficient (Wildman–Crippen LogP) is 3.68. The lowest BCUT2D eigenvalue weighted by molar-refractivity contribution is -0.124.